The molecule has 82 valence electrons. The van der Waals surface area contributed by atoms with Crippen molar-refractivity contribution in [1.82, 2.24) is 9.97 Å². The van der Waals surface area contributed by atoms with E-state index in [0.29, 0.717) is 5.95 Å². The minimum absolute atomic E-state index is 0.651. The van der Waals surface area contributed by atoms with Crippen molar-refractivity contribution in [1.29, 1.82) is 0 Å². The molecule has 1 N–H and O–H groups in total. The van der Waals surface area contributed by atoms with Crippen LogP contribution in [0.25, 0.3) is 0 Å². The van der Waals surface area contributed by atoms with E-state index < -0.39 is 0 Å². The summed E-state index contributed by atoms with van der Waals surface area (Å²) in [6.45, 7) is 2.10. The van der Waals surface area contributed by atoms with Gasteiger partial charge in [-0.1, -0.05) is 30.0 Å². The normalized spacial score (nSPS) is 10.1. The minimum atomic E-state index is 0.651. The standard InChI is InChI=1S/C12H13N3S/c1-9-5-3-4-6-10(9)16-11-7-8-14-12(13-2)15-11/h3-8H,1-2H3,(H,13,14,15). The number of aromatic nitrogens is 2. The Morgan fingerprint density at radius 2 is 2.00 bits per heavy atom. The van der Waals surface area contributed by atoms with Crippen LogP contribution in [-0.4, -0.2) is 17.0 Å². The number of nitrogens with one attached hydrogen (secondary N) is 1. The van der Waals surface area contributed by atoms with Crippen LogP contribution in [0.15, 0.2) is 46.5 Å². The van der Waals surface area contributed by atoms with E-state index >= 15 is 0 Å². The van der Waals surface area contributed by atoms with E-state index in [4.69, 9.17) is 0 Å². The van der Waals surface area contributed by atoms with Crippen molar-refractivity contribution in [3.8, 4) is 0 Å². The van der Waals surface area contributed by atoms with E-state index in [1.54, 1.807) is 18.0 Å². The van der Waals surface area contributed by atoms with Crippen molar-refractivity contribution in [2.24, 2.45) is 0 Å². The molecule has 4 heteroatoms. The Morgan fingerprint density at radius 3 is 2.75 bits per heavy atom. The Balaban J connectivity index is 2.24. The number of nitrogens with zero attached hydrogens (tertiary/aromatic N) is 2. The summed E-state index contributed by atoms with van der Waals surface area (Å²) in [5.74, 6) is 0.651. The van der Waals surface area contributed by atoms with Gasteiger partial charge >= 0.3 is 0 Å². The number of hydrogen-bond acceptors (Lipinski definition) is 4. The van der Waals surface area contributed by atoms with Gasteiger partial charge in [0.2, 0.25) is 5.95 Å². The van der Waals surface area contributed by atoms with Gasteiger partial charge in [0.15, 0.2) is 0 Å². The Morgan fingerprint density at radius 1 is 1.19 bits per heavy atom. The highest BCUT2D eigenvalue weighted by molar-refractivity contribution is 7.99. The highest BCUT2D eigenvalue weighted by Crippen LogP contribution is 2.28. The molecule has 1 heterocycles. The van der Waals surface area contributed by atoms with Gasteiger partial charge in [0.1, 0.15) is 5.03 Å². The third-order valence-electron chi connectivity index (χ3n) is 2.16. The summed E-state index contributed by atoms with van der Waals surface area (Å²) in [6, 6.07) is 10.2. The smallest absolute Gasteiger partial charge is 0.223 e. The second-order valence-corrected chi connectivity index (χ2v) is 4.40. The Hall–Kier alpha value is -1.55. The van der Waals surface area contributed by atoms with Crippen molar-refractivity contribution in [3.05, 3.63) is 42.1 Å². The van der Waals surface area contributed by atoms with Crippen LogP contribution in [0.3, 0.4) is 0 Å². The third kappa shape index (κ3) is 2.52. The van der Waals surface area contributed by atoms with Crippen LogP contribution in [0.5, 0.6) is 0 Å². The van der Waals surface area contributed by atoms with Crippen LogP contribution in [-0.2, 0) is 0 Å². The predicted octanol–water partition coefficient (Wildman–Crippen LogP) is 2.98. The lowest BCUT2D eigenvalue weighted by Gasteiger charge is -2.05. The first kappa shape index (κ1) is 11.0. The zero-order valence-electron chi connectivity index (χ0n) is 9.27. The topological polar surface area (TPSA) is 37.8 Å². The molecule has 0 spiro atoms. The number of anilines is 1. The minimum Gasteiger partial charge on any atom is -0.357 e. The van der Waals surface area contributed by atoms with E-state index in [2.05, 4.69) is 34.3 Å². The summed E-state index contributed by atoms with van der Waals surface area (Å²) in [5, 5.41) is 3.88. The third-order valence-corrected chi connectivity index (χ3v) is 3.28. The molecule has 1 aromatic heterocycles. The highest BCUT2D eigenvalue weighted by atomic mass is 32.2. The molecule has 0 saturated heterocycles. The zero-order valence-corrected chi connectivity index (χ0v) is 10.1. The lowest BCUT2D eigenvalue weighted by molar-refractivity contribution is 1.04. The molecule has 0 atom stereocenters. The molecule has 0 bridgehead atoms. The van der Waals surface area contributed by atoms with Crippen molar-refractivity contribution < 1.29 is 0 Å². The molecule has 2 aromatic rings. The van der Waals surface area contributed by atoms with Gasteiger partial charge in [-0.25, -0.2) is 9.97 Å². The highest BCUT2D eigenvalue weighted by Gasteiger charge is 2.02. The number of aryl methyl sites for hydroxylation is 1. The van der Waals surface area contributed by atoms with E-state index in [1.165, 1.54) is 10.5 Å². The molecule has 0 aliphatic rings. The average Bonchev–Trinajstić information content (AvgIpc) is 2.32. The first-order chi connectivity index (χ1) is 7.79. The maximum Gasteiger partial charge on any atom is 0.223 e. The summed E-state index contributed by atoms with van der Waals surface area (Å²) >= 11 is 1.65. The maximum atomic E-state index is 4.37. The molecule has 2 rings (SSSR count). The first-order valence-electron chi connectivity index (χ1n) is 5.04. The number of benzene rings is 1. The maximum absolute atomic E-state index is 4.37. The molecule has 0 aliphatic heterocycles. The van der Waals surface area contributed by atoms with Gasteiger partial charge in [-0.2, -0.15) is 0 Å². The van der Waals surface area contributed by atoms with Gasteiger partial charge in [-0.15, -0.1) is 0 Å². The van der Waals surface area contributed by atoms with E-state index in [1.807, 2.05) is 25.2 Å². The predicted molar refractivity (Wildman–Crippen MR) is 66.9 cm³/mol. The number of rotatable bonds is 3. The second kappa shape index (κ2) is 4.99. The summed E-state index contributed by atoms with van der Waals surface area (Å²) < 4.78 is 0. The van der Waals surface area contributed by atoms with E-state index in [-0.39, 0.29) is 0 Å². The average molecular weight is 231 g/mol. The van der Waals surface area contributed by atoms with Gasteiger partial charge in [0.05, 0.1) is 0 Å². The van der Waals surface area contributed by atoms with Gasteiger partial charge in [-0.05, 0) is 24.6 Å². The summed E-state index contributed by atoms with van der Waals surface area (Å²) in [5.41, 5.74) is 1.26. The van der Waals surface area contributed by atoms with E-state index in [0.717, 1.165) is 5.03 Å². The van der Waals surface area contributed by atoms with Gasteiger partial charge in [-0.3, -0.25) is 0 Å². The van der Waals surface area contributed by atoms with Crippen LogP contribution in [0.2, 0.25) is 0 Å². The molecule has 16 heavy (non-hydrogen) atoms. The van der Waals surface area contributed by atoms with Crippen molar-refractivity contribution in [2.75, 3.05) is 12.4 Å². The molecule has 0 radical (unpaired) electrons. The molecule has 0 aliphatic carbocycles. The number of hydrogen-bond donors (Lipinski definition) is 1. The van der Waals surface area contributed by atoms with Crippen LogP contribution < -0.4 is 5.32 Å². The van der Waals surface area contributed by atoms with Crippen molar-refractivity contribution in [3.63, 3.8) is 0 Å². The monoisotopic (exact) mass is 231 g/mol. The molecule has 1 aromatic carbocycles. The SMILES string of the molecule is CNc1nccc(Sc2ccccc2C)n1. The van der Waals surface area contributed by atoms with Crippen LogP contribution in [0.4, 0.5) is 5.95 Å². The Kier molecular flexibility index (Phi) is 3.41. The van der Waals surface area contributed by atoms with Crippen LogP contribution >= 0.6 is 11.8 Å². The fraction of sp³-hybridized carbons (Fsp3) is 0.167. The first-order valence-corrected chi connectivity index (χ1v) is 5.85. The molecular formula is C12H13N3S. The summed E-state index contributed by atoms with van der Waals surface area (Å²) in [6.07, 6.45) is 1.76. The molecular weight excluding hydrogens is 218 g/mol. The molecule has 0 saturated carbocycles. The van der Waals surface area contributed by atoms with Gasteiger partial charge < -0.3 is 5.32 Å². The molecule has 3 nitrogen and oxygen atoms in total. The molecule has 0 amide bonds. The summed E-state index contributed by atoms with van der Waals surface area (Å²) in [7, 11) is 1.82. The van der Waals surface area contributed by atoms with Crippen LogP contribution in [0, 0.1) is 6.92 Å². The Bertz CT molecular complexity index is 485. The van der Waals surface area contributed by atoms with Gasteiger partial charge in [0, 0.05) is 18.1 Å². The Labute approximate surface area is 99.3 Å². The van der Waals surface area contributed by atoms with Gasteiger partial charge in [0.25, 0.3) is 0 Å². The van der Waals surface area contributed by atoms with Crippen molar-refractivity contribution in [2.45, 2.75) is 16.8 Å². The fourth-order valence-electron chi connectivity index (χ4n) is 1.30. The quantitative estimate of drug-likeness (QED) is 0.824. The lowest BCUT2D eigenvalue weighted by atomic mass is 10.2. The van der Waals surface area contributed by atoms with Crippen molar-refractivity contribution >= 4 is 17.7 Å². The largest absolute Gasteiger partial charge is 0.357 e. The van der Waals surface area contributed by atoms with E-state index in [9.17, 15) is 0 Å². The second-order valence-electron chi connectivity index (χ2n) is 3.34. The molecule has 0 unspecified atom stereocenters. The molecule has 0 fully saturated rings. The lowest BCUT2D eigenvalue weighted by Crippen LogP contribution is -1.95. The fourth-order valence-corrected chi connectivity index (χ4v) is 2.16. The zero-order chi connectivity index (χ0) is 11.4. The summed E-state index contributed by atoms with van der Waals surface area (Å²) in [4.78, 5) is 9.68. The van der Waals surface area contributed by atoms with Crippen LogP contribution in [0.1, 0.15) is 5.56 Å².